The molecular weight excluding hydrogens is 394 g/mol. The van der Waals surface area contributed by atoms with E-state index in [9.17, 15) is 13.6 Å². The van der Waals surface area contributed by atoms with E-state index >= 15 is 0 Å². The number of hydrogen-bond acceptors (Lipinski definition) is 5. The molecule has 1 aromatic rings. The summed E-state index contributed by atoms with van der Waals surface area (Å²) in [6.07, 6.45) is 1.52. The summed E-state index contributed by atoms with van der Waals surface area (Å²) < 4.78 is 27.7. The lowest BCUT2D eigenvalue weighted by molar-refractivity contribution is 0.0552. The van der Waals surface area contributed by atoms with E-state index in [2.05, 4.69) is 39.6 Å². The second-order valence-corrected chi connectivity index (χ2v) is 8.98. The van der Waals surface area contributed by atoms with Gasteiger partial charge in [0.2, 0.25) is 0 Å². The summed E-state index contributed by atoms with van der Waals surface area (Å²) in [5, 5.41) is 3.25. The number of piperazine rings is 1. The van der Waals surface area contributed by atoms with Crippen molar-refractivity contribution in [1.29, 1.82) is 0 Å². The smallest absolute Gasteiger partial charge is 0.254 e. The van der Waals surface area contributed by atoms with Crippen molar-refractivity contribution in [3.8, 4) is 0 Å². The Morgan fingerprint density at radius 2 is 1.76 bits per heavy atom. The molecule has 2 saturated heterocycles. The summed E-state index contributed by atoms with van der Waals surface area (Å²) in [5.41, 5.74) is -0.686. The molecule has 5 nitrogen and oxygen atoms in total. The van der Waals surface area contributed by atoms with Gasteiger partial charge in [0, 0.05) is 51.2 Å². The number of amides is 1. The van der Waals surface area contributed by atoms with Gasteiger partial charge >= 0.3 is 0 Å². The quantitative estimate of drug-likeness (QED) is 0.686. The van der Waals surface area contributed by atoms with E-state index in [1.807, 2.05) is 6.92 Å². The van der Waals surface area contributed by atoms with Gasteiger partial charge in [-0.1, -0.05) is 6.92 Å². The van der Waals surface area contributed by atoms with Gasteiger partial charge in [-0.3, -0.25) is 14.6 Å². The van der Waals surface area contributed by atoms with Crippen LogP contribution in [0.5, 0.6) is 0 Å². The van der Waals surface area contributed by atoms with E-state index in [0.29, 0.717) is 0 Å². The number of rotatable bonds is 6. The molecule has 2 aliphatic rings. The lowest BCUT2D eigenvalue weighted by atomic mass is 9.86. The van der Waals surface area contributed by atoms with Crippen LogP contribution in [0, 0.1) is 11.6 Å². The number of halogens is 2. The highest BCUT2D eigenvalue weighted by Crippen LogP contribution is 2.27. The Balaban J connectivity index is 1.74. The minimum atomic E-state index is -0.697. The summed E-state index contributed by atoms with van der Waals surface area (Å²) in [4.78, 5) is 19.9. The van der Waals surface area contributed by atoms with E-state index in [1.165, 1.54) is 0 Å². The van der Waals surface area contributed by atoms with Gasteiger partial charge in [0.1, 0.15) is 11.6 Å². The van der Waals surface area contributed by atoms with Gasteiger partial charge in [0.05, 0.1) is 11.1 Å². The number of likely N-dealkylation sites (N-methyl/N-ethyl adjacent to an activating group) is 1. The van der Waals surface area contributed by atoms with Crippen LogP contribution in [0.4, 0.5) is 8.78 Å². The number of thiol groups is 1. The first-order valence-corrected chi connectivity index (χ1v) is 11.0. The van der Waals surface area contributed by atoms with Gasteiger partial charge in [0.15, 0.2) is 0 Å². The molecule has 0 bridgehead atoms. The van der Waals surface area contributed by atoms with Crippen LogP contribution >= 0.6 is 12.6 Å². The molecule has 8 heteroatoms. The van der Waals surface area contributed by atoms with Crippen molar-refractivity contribution in [3.05, 3.63) is 35.4 Å². The SMILES string of the molecule is CCN1CCN(CC2(NC(=O)c3cc(F)ccc3F)CCN(C(C)S)CC2)CC1. The second kappa shape index (κ2) is 9.73. The van der Waals surface area contributed by atoms with E-state index in [1.54, 1.807) is 0 Å². The van der Waals surface area contributed by atoms with E-state index in [-0.39, 0.29) is 10.9 Å². The first-order valence-electron chi connectivity index (χ1n) is 10.5. The number of nitrogens with one attached hydrogen (secondary N) is 1. The molecule has 0 aromatic heterocycles. The first-order chi connectivity index (χ1) is 13.8. The largest absolute Gasteiger partial charge is 0.345 e. The van der Waals surface area contributed by atoms with Crippen molar-refractivity contribution >= 4 is 18.5 Å². The van der Waals surface area contributed by atoms with E-state index < -0.39 is 23.1 Å². The molecule has 0 aliphatic carbocycles. The van der Waals surface area contributed by atoms with Crippen molar-refractivity contribution in [3.63, 3.8) is 0 Å². The number of piperidine rings is 1. The fourth-order valence-electron chi connectivity index (χ4n) is 4.32. The molecule has 2 aliphatic heterocycles. The van der Waals surface area contributed by atoms with Gasteiger partial charge in [-0.15, -0.1) is 0 Å². The number of hydrogen-bond donors (Lipinski definition) is 2. The molecule has 3 rings (SSSR count). The molecule has 1 amide bonds. The zero-order valence-electron chi connectivity index (χ0n) is 17.3. The minimum Gasteiger partial charge on any atom is -0.345 e. The highest BCUT2D eigenvalue weighted by molar-refractivity contribution is 7.80. The molecule has 0 spiro atoms. The molecule has 2 heterocycles. The highest BCUT2D eigenvalue weighted by Gasteiger charge is 2.39. The van der Waals surface area contributed by atoms with Crippen molar-refractivity contribution in [2.45, 2.75) is 37.6 Å². The van der Waals surface area contributed by atoms with Crippen molar-refractivity contribution in [2.75, 3.05) is 52.4 Å². The zero-order valence-corrected chi connectivity index (χ0v) is 18.2. The molecular formula is C21H32F2N4OS. The van der Waals surface area contributed by atoms with Crippen molar-refractivity contribution in [2.24, 2.45) is 0 Å². The van der Waals surface area contributed by atoms with E-state index in [4.69, 9.17) is 0 Å². The van der Waals surface area contributed by atoms with E-state index in [0.717, 1.165) is 83.4 Å². The lowest BCUT2D eigenvalue weighted by Crippen LogP contribution is -2.62. The minimum absolute atomic E-state index is 0.150. The molecule has 1 unspecified atom stereocenters. The van der Waals surface area contributed by atoms with Crippen LogP contribution in [0.3, 0.4) is 0 Å². The van der Waals surface area contributed by atoms with Crippen molar-refractivity contribution in [1.82, 2.24) is 20.0 Å². The fraction of sp³-hybridized carbons (Fsp3) is 0.667. The Hall–Kier alpha value is -1.22. The molecule has 1 N–H and O–H groups in total. The van der Waals surface area contributed by atoms with Crippen molar-refractivity contribution < 1.29 is 13.6 Å². The Bertz CT molecular complexity index is 702. The molecule has 2 fully saturated rings. The summed E-state index contributed by atoms with van der Waals surface area (Å²) >= 11 is 4.53. The second-order valence-electron chi connectivity index (χ2n) is 8.24. The predicted molar refractivity (Wildman–Crippen MR) is 114 cm³/mol. The fourth-order valence-corrected chi connectivity index (χ4v) is 4.55. The van der Waals surface area contributed by atoms with Gasteiger partial charge < -0.3 is 10.2 Å². The number of benzene rings is 1. The Morgan fingerprint density at radius 1 is 1.14 bits per heavy atom. The molecule has 29 heavy (non-hydrogen) atoms. The third-order valence-corrected chi connectivity index (χ3v) is 6.60. The van der Waals surface area contributed by atoms with Gasteiger partial charge in [-0.05, 0) is 44.5 Å². The predicted octanol–water partition coefficient (Wildman–Crippen LogP) is 2.44. The third kappa shape index (κ3) is 5.69. The van der Waals surface area contributed by atoms with Crippen LogP contribution in [0.1, 0.15) is 37.0 Å². The maximum Gasteiger partial charge on any atom is 0.254 e. The summed E-state index contributed by atoms with van der Waals surface area (Å²) in [5.74, 6) is -1.85. The standard InChI is InChI=1S/C21H32F2N4OS/c1-3-25-10-12-26(13-11-25)15-21(6-8-27(9-7-21)16(2)29)24-20(28)18-14-17(22)4-5-19(18)23/h4-5,14,16,29H,3,6-13,15H2,1-2H3,(H,24,28). The zero-order chi connectivity index (χ0) is 21.0. The van der Waals surface area contributed by atoms with Gasteiger partial charge in [-0.25, -0.2) is 8.78 Å². The maximum absolute atomic E-state index is 14.1. The first kappa shape index (κ1) is 22.5. The molecule has 1 atom stereocenters. The van der Waals surface area contributed by atoms with Crippen LogP contribution in [0.2, 0.25) is 0 Å². The summed E-state index contributed by atoms with van der Waals surface area (Å²) in [7, 11) is 0. The highest BCUT2D eigenvalue weighted by atomic mass is 32.1. The third-order valence-electron chi connectivity index (χ3n) is 6.27. The van der Waals surface area contributed by atoms with Gasteiger partial charge in [-0.2, -0.15) is 12.6 Å². The Kier molecular flexibility index (Phi) is 7.53. The Morgan fingerprint density at radius 3 is 2.34 bits per heavy atom. The number of carbonyl (C=O) groups excluding carboxylic acids is 1. The molecule has 162 valence electrons. The number of nitrogens with zero attached hydrogens (tertiary/aromatic N) is 3. The summed E-state index contributed by atoms with van der Waals surface area (Å²) in [6.45, 7) is 11.5. The molecule has 1 aromatic carbocycles. The van der Waals surface area contributed by atoms with Crippen LogP contribution in [0.25, 0.3) is 0 Å². The lowest BCUT2D eigenvalue weighted by Gasteiger charge is -2.47. The van der Waals surface area contributed by atoms with Crippen LogP contribution in [0.15, 0.2) is 18.2 Å². The summed E-state index contributed by atoms with van der Waals surface area (Å²) in [6, 6.07) is 3.01. The topological polar surface area (TPSA) is 38.8 Å². The average Bonchev–Trinajstić information content (AvgIpc) is 2.70. The normalized spacial score (nSPS) is 22.4. The average molecular weight is 427 g/mol. The van der Waals surface area contributed by atoms with Gasteiger partial charge in [0.25, 0.3) is 5.91 Å². The molecule has 0 saturated carbocycles. The Labute approximate surface area is 177 Å². The number of carbonyl (C=O) groups is 1. The number of likely N-dealkylation sites (tertiary alicyclic amines) is 1. The van der Waals surface area contributed by atoms with Crippen LogP contribution in [-0.2, 0) is 0 Å². The maximum atomic E-state index is 14.1. The molecule has 0 radical (unpaired) electrons. The van der Waals surface area contributed by atoms with Crippen LogP contribution < -0.4 is 5.32 Å². The van der Waals surface area contributed by atoms with Crippen LogP contribution in [-0.4, -0.2) is 83.9 Å². The monoisotopic (exact) mass is 426 g/mol.